The summed E-state index contributed by atoms with van der Waals surface area (Å²) < 4.78 is 4.69. The van der Waals surface area contributed by atoms with E-state index in [0.717, 1.165) is 0 Å². The Morgan fingerprint density at radius 1 is 1.43 bits per heavy atom. The first-order chi connectivity index (χ1) is 6.61. The van der Waals surface area contributed by atoms with Crippen LogP contribution in [0, 0.1) is 0 Å². The monoisotopic (exact) mass is 196 g/mol. The standard InChI is InChI=1S/C10H12O4/c1-14-7-10(13,9(11)12)8-5-3-2-4-6-8/h2-6,13H,7H2,1H3,(H,11,12). The zero-order valence-corrected chi connectivity index (χ0v) is 7.80. The van der Waals surface area contributed by atoms with E-state index in [2.05, 4.69) is 0 Å². The number of hydrogen-bond donors (Lipinski definition) is 2. The topological polar surface area (TPSA) is 66.8 Å². The zero-order chi connectivity index (χ0) is 10.6. The number of carbonyl (C=O) groups is 1. The number of carboxylic acid groups (broad SMARTS) is 1. The Kier molecular flexibility index (Phi) is 3.22. The van der Waals surface area contributed by atoms with Crippen molar-refractivity contribution in [1.29, 1.82) is 0 Å². The van der Waals surface area contributed by atoms with Crippen molar-refractivity contribution in [1.82, 2.24) is 0 Å². The van der Waals surface area contributed by atoms with Crippen LogP contribution in [0.1, 0.15) is 5.56 Å². The Morgan fingerprint density at radius 3 is 2.43 bits per heavy atom. The van der Waals surface area contributed by atoms with Crippen molar-refractivity contribution in [3.8, 4) is 0 Å². The molecule has 0 saturated carbocycles. The second kappa shape index (κ2) is 4.21. The van der Waals surface area contributed by atoms with Crippen LogP contribution in [0.15, 0.2) is 30.3 Å². The molecule has 14 heavy (non-hydrogen) atoms. The SMILES string of the molecule is COCC(O)(C(=O)O)c1ccccc1. The van der Waals surface area contributed by atoms with Gasteiger partial charge in [0.25, 0.3) is 0 Å². The maximum atomic E-state index is 10.9. The van der Waals surface area contributed by atoms with Crippen LogP contribution < -0.4 is 0 Å². The number of benzene rings is 1. The van der Waals surface area contributed by atoms with Gasteiger partial charge in [-0.3, -0.25) is 0 Å². The molecule has 0 aliphatic rings. The molecule has 0 aliphatic heterocycles. The first kappa shape index (κ1) is 10.7. The number of ether oxygens (including phenoxy) is 1. The number of methoxy groups -OCH3 is 1. The number of aliphatic hydroxyl groups is 1. The molecule has 1 aromatic carbocycles. The quantitative estimate of drug-likeness (QED) is 0.740. The Hall–Kier alpha value is -1.39. The van der Waals surface area contributed by atoms with Gasteiger partial charge in [-0.15, -0.1) is 0 Å². The van der Waals surface area contributed by atoms with Crippen molar-refractivity contribution in [2.24, 2.45) is 0 Å². The van der Waals surface area contributed by atoms with Crippen molar-refractivity contribution in [3.63, 3.8) is 0 Å². The molecule has 0 aromatic heterocycles. The Morgan fingerprint density at radius 2 is 2.00 bits per heavy atom. The van der Waals surface area contributed by atoms with Crippen LogP contribution in [0.25, 0.3) is 0 Å². The van der Waals surface area contributed by atoms with E-state index in [9.17, 15) is 9.90 Å². The molecule has 0 radical (unpaired) electrons. The van der Waals surface area contributed by atoms with E-state index < -0.39 is 11.6 Å². The maximum Gasteiger partial charge on any atom is 0.342 e. The number of rotatable bonds is 4. The lowest BCUT2D eigenvalue weighted by atomic mass is 9.95. The fourth-order valence-electron chi connectivity index (χ4n) is 1.19. The van der Waals surface area contributed by atoms with E-state index in [1.165, 1.54) is 7.11 Å². The van der Waals surface area contributed by atoms with Crippen molar-refractivity contribution < 1.29 is 19.7 Å². The lowest BCUT2D eigenvalue weighted by Gasteiger charge is -2.22. The Bertz CT molecular complexity index is 309. The third kappa shape index (κ3) is 1.92. The van der Waals surface area contributed by atoms with Crippen molar-refractivity contribution in [3.05, 3.63) is 35.9 Å². The minimum absolute atomic E-state index is 0.271. The minimum Gasteiger partial charge on any atom is -0.479 e. The molecule has 0 fully saturated rings. The van der Waals surface area contributed by atoms with Crippen molar-refractivity contribution >= 4 is 5.97 Å². The van der Waals surface area contributed by atoms with Crippen LogP contribution >= 0.6 is 0 Å². The van der Waals surface area contributed by atoms with Crippen LogP contribution in [-0.2, 0) is 15.1 Å². The van der Waals surface area contributed by atoms with Gasteiger partial charge in [0.05, 0.1) is 6.61 Å². The predicted molar refractivity (Wildman–Crippen MR) is 49.9 cm³/mol. The average molecular weight is 196 g/mol. The molecule has 0 saturated heterocycles. The second-order valence-electron chi connectivity index (χ2n) is 2.96. The van der Waals surface area contributed by atoms with Gasteiger partial charge in [0.15, 0.2) is 0 Å². The van der Waals surface area contributed by atoms with Crippen LogP contribution in [0.2, 0.25) is 0 Å². The lowest BCUT2D eigenvalue weighted by Crippen LogP contribution is -2.39. The zero-order valence-electron chi connectivity index (χ0n) is 7.80. The third-order valence-corrected chi connectivity index (χ3v) is 1.96. The summed E-state index contributed by atoms with van der Waals surface area (Å²) >= 11 is 0. The lowest BCUT2D eigenvalue weighted by molar-refractivity contribution is -0.165. The van der Waals surface area contributed by atoms with Gasteiger partial charge in [0.2, 0.25) is 5.60 Å². The van der Waals surface area contributed by atoms with Crippen LogP contribution in [0.4, 0.5) is 0 Å². The van der Waals surface area contributed by atoms with Crippen LogP contribution in [0.5, 0.6) is 0 Å². The third-order valence-electron chi connectivity index (χ3n) is 1.96. The summed E-state index contributed by atoms with van der Waals surface area (Å²) in [6, 6.07) is 8.18. The molecule has 0 spiro atoms. The summed E-state index contributed by atoms with van der Waals surface area (Å²) in [6.07, 6.45) is 0. The van der Waals surface area contributed by atoms with Gasteiger partial charge in [0.1, 0.15) is 0 Å². The van der Waals surface area contributed by atoms with Gasteiger partial charge in [-0.05, 0) is 5.56 Å². The molecule has 0 bridgehead atoms. The van der Waals surface area contributed by atoms with E-state index in [1.807, 2.05) is 0 Å². The first-order valence-electron chi connectivity index (χ1n) is 4.11. The smallest absolute Gasteiger partial charge is 0.342 e. The number of carboxylic acids is 1. The summed E-state index contributed by atoms with van der Waals surface area (Å²) in [5.41, 5.74) is -1.65. The van der Waals surface area contributed by atoms with E-state index in [4.69, 9.17) is 9.84 Å². The molecular formula is C10H12O4. The summed E-state index contributed by atoms with van der Waals surface area (Å²) in [7, 11) is 1.34. The van der Waals surface area contributed by atoms with Crippen LogP contribution in [-0.4, -0.2) is 29.9 Å². The predicted octanol–water partition coefficient (Wildman–Crippen LogP) is 0.605. The van der Waals surface area contributed by atoms with E-state index in [0.29, 0.717) is 5.56 Å². The maximum absolute atomic E-state index is 10.9. The molecule has 1 aromatic rings. The van der Waals surface area contributed by atoms with Gasteiger partial charge < -0.3 is 14.9 Å². The van der Waals surface area contributed by atoms with Crippen molar-refractivity contribution in [2.75, 3.05) is 13.7 Å². The molecule has 4 nitrogen and oxygen atoms in total. The van der Waals surface area contributed by atoms with E-state index in [-0.39, 0.29) is 6.61 Å². The number of aliphatic carboxylic acids is 1. The normalized spacial score (nSPS) is 14.7. The second-order valence-corrected chi connectivity index (χ2v) is 2.96. The fourth-order valence-corrected chi connectivity index (χ4v) is 1.19. The molecule has 0 amide bonds. The molecule has 1 unspecified atom stereocenters. The summed E-state index contributed by atoms with van der Waals surface area (Å²) in [6.45, 7) is -0.271. The highest BCUT2D eigenvalue weighted by molar-refractivity contribution is 5.79. The molecule has 0 heterocycles. The van der Waals surface area contributed by atoms with Gasteiger partial charge in [-0.1, -0.05) is 30.3 Å². The molecule has 4 heteroatoms. The highest BCUT2D eigenvalue weighted by Crippen LogP contribution is 2.21. The van der Waals surface area contributed by atoms with Gasteiger partial charge >= 0.3 is 5.97 Å². The minimum atomic E-state index is -1.96. The van der Waals surface area contributed by atoms with E-state index in [1.54, 1.807) is 30.3 Å². The molecule has 1 atom stereocenters. The molecule has 76 valence electrons. The Balaban J connectivity index is 3.06. The first-order valence-corrected chi connectivity index (χ1v) is 4.11. The summed E-state index contributed by atoms with van der Waals surface area (Å²) in [5.74, 6) is -1.31. The highest BCUT2D eigenvalue weighted by Gasteiger charge is 2.37. The Labute approximate surface area is 81.8 Å². The van der Waals surface area contributed by atoms with Crippen molar-refractivity contribution in [2.45, 2.75) is 5.60 Å². The largest absolute Gasteiger partial charge is 0.479 e. The van der Waals surface area contributed by atoms with Crippen LogP contribution in [0.3, 0.4) is 0 Å². The summed E-state index contributed by atoms with van der Waals surface area (Å²) in [4.78, 5) is 10.9. The molecule has 0 aliphatic carbocycles. The molecule has 2 N–H and O–H groups in total. The van der Waals surface area contributed by atoms with Gasteiger partial charge in [0, 0.05) is 7.11 Å². The van der Waals surface area contributed by atoms with E-state index >= 15 is 0 Å². The molecular weight excluding hydrogens is 184 g/mol. The van der Waals surface area contributed by atoms with Gasteiger partial charge in [-0.25, -0.2) is 4.79 Å². The summed E-state index contributed by atoms with van der Waals surface area (Å²) in [5, 5.41) is 18.7. The fraction of sp³-hybridized carbons (Fsp3) is 0.300. The van der Waals surface area contributed by atoms with Gasteiger partial charge in [-0.2, -0.15) is 0 Å². The highest BCUT2D eigenvalue weighted by atomic mass is 16.5. The number of hydrogen-bond acceptors (Lipinski definition) is 3. The average Bonchev–Trinajstić information content (AvgIpc) is 2.19. The molecule has 1 rings (SSSR count).